The van der Waals surface area contributed by atoms with Crippen LogP contribution in [0.25, 0.3) is 11.3 Å². The average molecular weight is 378 g/mol. The Bertz CT molecular complexity index is 903. The number of nitrogens with zero attached hydrogens (tertiary/aromatic N) is 3. The average Bonchev–Trinajstić information content (AvgIpc) is 3.21. The maximum absolute atomic E-state index is 13.1. The second-order valence-electron chi connectivity index (χ2n) is 6.15. The van der Waals surface area contributed by atoms with Crippen LogP contribution in [0.15, 0.2) is 72.6 Å². The van der Waals surface area contributed by atoms with Gasteiger partial charge in [0.1, 0.15) is 0 Å². The zero-order chi connectivity index (χ0) is 19.2. The van der Waals surface area contributed by atoms with Crippen LogP contribution in [0.4, 0.5) is 10.8 Å². The Morgan fingerprint density at radius 3 is 2.48 bits per heavy atom. The number of aromatic nitrogens is 1. The van der Waals surface area contributed by atoms with Gasteiger partial charge >= 0.3 is 0 Å². The molecule has 0 unspecified atom stereocenters. The molecule has 5 heteroatoms. The van der Waals surface area contributed by atoms with Crippen molar-refractivity contribution in [1.82, 2.24) is 4.98 Å². The normalized spacial score (nSPS) is 10.4. The highest BCUT2D eigenvalue weighted by Gasteiger charge is 2.20. The van der Waals surface area contributed by atoms with E-state index in [1.807, 2.05) is 67.0 Å². The second kappa shape index (κ2) is 8.64. The molecule has 0 N–H and O–H groups in total. The molecule has 0 aliphatic rings. The number of carbonyl (C=O) groups is 1. The molecule has 0 aliphatic carbocycles. The predicted octanol–water partition coefficient (Wildman–Crippen LogP) is 5.10. The Morgan fingerprint density at radius 2 is 1.85 bits per heavy atom. The van der Waals surface area contributed by atoms with Crippen molar-refractivity contribution in [3.8, 4) is 11.3 Å². The standard InChI is InChI=1S/C22H23N3OS/c1-4-15-25(21(26)18-11-13-19(14-12-18)24(3)5-2)22-23-20(16-27-22)17-9-7-6-8-10-17/h4,6-14,16H,1,5,15H2,2-3H3. The number of thiazole rings is 1. The lowest BCUT2D eigenvalue weighted by molar-refractivity contribution is 0.0989. The van der Waals surface area contributed by atoms with Crippen molar-refractivity contribution in [3.63, 3.8) is 0 Å². The van der Waals surface area contributed by atoms with Crippen molar-refractivity contribution >= 4 is 28.1 Å². The molecular formula is C22H23N3OS. The quantitative estimate of drug-likeness (QED) is 0.538. The largest absolute Gasteiger partial charge is 0.375 e. The molecule has 0 atom stereocenters. The fraction of sp³-hybridized carbons (Fsp3) is 0.182. The molecule has 3 aromatic rings. The van der Waals surface area contributed by atoms with E-state index in [1.54, 1.807) is 11.0 Å². The van der Waals surface area contributed by atoms with Crippen LogP contribution in [0.1, 0.15) is 17.3 Å². The lowest BCUT2D eigenvalue weighted by Crippen LogP contribution is -2.31. The molecule has 4 nitrogen and oxygen atoms in total. The third kappa shape index (κ3) is 4.26. The molecule has 1 heterocycles. The molecule has 3 rings (SSSR count). The van der Waals surface area contributed by atoms with Crippen LogP contribution in [0.3, 0.4) is 0 Å². The van der Waals surface area contributed by atoms with Crippen molar-refractivity contribution in [2.45, 2.75) is 6.92 Å². The number of amides is 1. The molecule has 1 amide bonds. The van der Waals surface area contributed by atoms with Crippen LogP contribution < -0.4 is 9.80 Å². The van der Waals surface area contributed by atoms with E-state index < -0.39 is 0 Å². The van der Waals surface area contributed by atoms with Gasteiger partial charge in [-0.3, -0.25) is 9.69 Å². The van der Waals surface area contributed by atoms with Gasteiger partial charge < -0.3 is 4.90 Å². The number of hydrogen-bond donors (Lipinski definition) is 0. The molecule has 0 bridgehead atoms. The molecule has 0 aliphatic heterocycles. The molecule has 138 valence electrons. The zero-order valence-electron chi connectivity index (χ0n) is 15.6. The Labute approximate surface area is 164 Å². The molecule has 0 spiro atoms. The molecular weight excluding hydrogens is 354 g/mol. The number of benzene rings is 2. The lowest BCUT2D eigenvalue weighted by Gasteiger charge is -2.20. The van der Waals surface area contributed by atoms with Crippen molar-refractivity contribution in [3.05, 3.63) is 78.2 Å². The summed E-state index contributed by atoms with van der Waals surface area (Å²) in [6, 6.07) is 17.6. The Morgan fingerprint density at radius 1 is 1.15 bits per heavy atom. The van der Waals surface area contributed by atoms with Crippen molar-refractivity contribution < 1.29 is 4.79 Å². The summed E-state index contributed by atoms with van der Waals surface area (Å²) in [5.41, 5.74) is 3.64. The van der Waals surface area contributed by atoms with E-state index in [0.717, 1.165) is 23.5 Å². The number of carbonyl (C=O) groups excluding carboxylic acids is 1. The van der Waals surface area contributed by atoms with E-state index in [0.29, 0.717) is 17.2 Å². The first-order chi connectivity index (χ1) is 13.1. The zero-order valence-corrected chi connectivity index (χ0v) is 16.4. The fourth-order valence-electron chi connectivity index (χ4n) is 2.70. The maximum atomic E-state index is 13.1. The molecule has 0 radical (unpaired) electrons. The predicted molar refractivity (Wildman–Crippen MR) is 115 cm³/mol. The summed E-state index contributed by atoms with van der Waals surface area (Å²) < 4.78 is 0. The summed E-state index contributed by atoms with van der Waals surface area (Å²) in [5, 5.41) is 2.65. The van der Waals surface area contributed by atoms with E-state index in [2.05, 4.69) is 23.4 Å². The summed E-state index contributed by atoms with van der Waals surface area (Å²) in [5.74, 6) is -0.0745. The van der Waals surface area contributed by atoms with Gasteiger partial charge in [-0.15, -0.1) is 17.9 Å². The minimum atomic E-state index is -0.0745. The summed E-state index contributed by atoms with van der Waals surface area (Å²) >= 11 is 1.47. The van der Waals surface area contributed by atoms with Gasteiger partial charge in [0.25, 0.3) is 5.91 Å². The van der Waals surface area contributed by atoms with Crippen LogP contribution in [-0.4, -0.2) is 31.0 Å². The van der Waals surface area contributed by atoms with E-state index in [1.165, 1.54) is 11.3 Å². The van der Waals surface area contributed by atoms with Crippen molar-refractivity contribution in [2.24, 2.45) is 0 Å². The van der Waals surface area contributed by atoms with Gasteiger partial charge in [0, 0.05) is 42.3 Å². The molecule has 1 aromatic heterocycles. The summed E-state index contributed by atoms with van der Waals surface area (Å²) in [7, 11) is 2.03. The third-order valence-electron chi connectivity index (χ3n) is 4.38. The molecule has 27 heavy (non-hydrogen) atoms. The fourth-order valence-corrected chi connectivity index (χ4v) is 3.55. The first-order valence-corrected chi connectivity index (χ1v) is 9.77. The van der Waals surface area contributed by atoms with Crippen molar-refractivity contribution in [1.29, 1.82) is 0 Å². The van der Waals surface area contributed by atoms with E-state index >= 15 is 0 Å². The SMILES string of the molecule is C=CCN(C(=O)c1ccc(N(C)CC)cc1)c1nc(-c2ccccc2)cs1. The highest BCUT2D eigenvalue weighted by Crippen LogP contribution is 2.28. The van der Waals surface area contributed by atoms with Gasteiger partial charge in [-0.05, 0) is 31.2 Å². The maximum Gasteiger partial charge on any atom is 0.260 e. The number of anilines is 2. The first kappa shape index (κ1) is 18.9. The first-order valence-electron chi connectivity index (χ1n) is 8.89. The third-order valence-corrected chi connectivity index (χ3v) is 5.24. The number of rotatable bonds is 7. The molecule has 0 fully saturated rings. The summed E-state index contributed by atoms with van der Waals surface area (Å²) in [6.07, 6.45) is 1.72. The molecule has 0 saturated heterocycles. The van der Waals surface area contributed by atoms with E-state index in [9.17, 15) is 4.79 Å². The highest BCUT2D eigenvalue weighted by atomic mass is 32.1. The Hall–Kier alpha value is -2.92. The number of hydrogen-bond acceptors (Lipinski definition) is 4. The smallest absolute Gasteiger partial charge is 0.260 e. The summed E-state index contributed by atoms with van der Waals surface area (Å²) in [6.45, 7) is 7.21. The van der Waals surface area contributed by atoms with E-state index in [-0.39, 0.29) is 5.91 Å². The molecule has 2 aromatic carbocycles. The Kier molecular flexibility index (Phi) is 6.04. The van der Waals surface area contributed by atoms with E-state index in [4.69, 9.17) is 0 Å². The van der Waals surface area contributed by atoms with Crippen LogP contribution >= 0.6 is 11.3 Å². The van der Waals surface area contributed by atoms with Crippen LogP contribution in [0, 0.1) is 0 Å². The lowest BCUT2D eigenvalue weighted by atomic mass is 10.1. The van der Waals surface area contributed by atoms with Crippen LogP contribution in [0.5, 0.6) is 0 Å². The van der Waals surface area contributed by atoms with Gasteiger partial charge in [0.05, 0.1) is 5.69 Å². The van der Waals surface area contributed by atoms with Gasteiger partial charge in [0.2, 0.25) is 0 Å². The summed E-state index contributed by atoms with van der Waals surface area (Å²) in [4.78, 5) is 21.5. The molecule has 0 saturated carbocycles. The van der Waals surface area contributed by atoms with Crippen LogP contribution in [-0.2, 0) is 0 Å². The highest BCUT2D eigenvalue weighted by molar-refractivity contribution is 7.14. The minimum absolute atomic E-state index is 0.0745. The minimum Gasteiger partial charge on any atom is -0.375 e. The van der Waals surface area contributed by atoms with Gasteiger partial charge in [-0.25, -0.2) is 4.98 Å². The van der Waals surface area contributed by atoms with Crippen LogP contribution in [0.2, 0.25) is 0 Å². The topological polar surface area (TPSA) is 36.4 Å². The second-order valence-corrected chi connectivity index (χ2v) is 6.98. The van der Waals surface area contributed by atoms with Gasteiger partial charge in [-0.1, -0.05) is 36.4 Å². The van der Waals surface area contributed by atoms with Crippen molar-refractivity contribution in [2.75, 3.05) is 29.9 Å². The monoisotopic (exact) mass is 377 g/mol. The van der Waals surface area contributed by atoms with Gasteiger partial charge in [0.15, 0.2) is 5.13 Å². The van der Waals surface area contributed by atoms with Gasteiger partial charge in [-0.2, -0.15) is 0 Å². The Balaban J connectivity index is 1.86.